The van der Waals surface area contributed by atoms with Crippen molar-refractivity contribution < 1.29 is 22.5 Å². The van der Waals surface area contributed by atoms with Gasteiger partial charge in [-0.15, -0.1) is 0 Å². The Morgan fingerprint density at radius 1 is 1.12 bits per heavy atom. The monoisotopic (exact) mass is 350 g/mol. The van der Waals surface area contributed by atoms with Crippen molar-refractivity contribution in [3.8, 4) is 0 Å². The molecule has 2 aromatic carbocycles. The summed E-state index contributed by atoms with van der Waals surface area (Å²) in [4.78, 5) is 21.7. The maximum absolute atomic E-state index is 12.8. The molecule has 0 fully saturated rings. The SMILES string of the molecule is O=C(/C=C/c1ccccc1[N+](=O)[O-])NS(=O)(=O)c1ccc(F)cc1. The van der Waals surface area contributed by atoms with Crippen molar-refractivity contribution in [3.05, 3.63) is 76.1 Å². The number of amides is 1. The van der Waals surface area contributed by atoms with Gasteiger partial charge in [0.15, 0.2) is 0 Å². The molecule has 0 aliphatic heterocycles. The van der Waals surface area contributed by atoms with Gasteiger partial charge in [-0.3, -0.25) is 14.9 Å². The van der Waals surface area contributed by atoms with E-state index in [1.807, 2.05) is 0 Å². The summed E-state index contributed by atoms with van der Waals surface area (Å²) in [5.41, 5.74) is -0.0697. The highest BCUT2D eigenvalue weighted by molar-refractivity contribution is 7.90. The van der Waals surface area contributed by atoms with E-state index in [2.05, 4.69) is 0 Å². The fourth-order valence-electron chi connectivity index (χ4n) is 1.80. The predicted octanol–water partition coefficient (Wildman–Crippen LogP) is 2.25. The molecule has 0 atom stereocenters. The second kappa shape index (κ2) is 7.01. The first kappa shape index (κ1) is 17.3. The van der Waals surface area contributed by atoms with E-state index in [-0.39, 0.29) is 16.1 Å². The number of nitro groups is 1. The van der Waals surface area contributed by atoms with Gasteiger partial charge in [0.1, 0.15) is 5.82 Å². The van der Waals surface area contributed by atoms with Gasteiger partial charge in [0.2, 0.25) is 0 Å². The van der Waals surface area contributed by atoms with E-state index in [9.17, 15) is 27.7 Å². The summed E-state index contributed by atoms with van der Waals surface area (Å²) in [6.45, 7) is 0. The average Bonchev–Trinajstić information content (AvgIpc) is 2.53. The maximum Gasteiger partial charge on any atom is 0.276 e. The zero-order valence-corrected chi connectivity index (χ0v) is 12.9. The number of halogens is 1. The summed E-state index contributed by atoms with van der Waals surface area (Å²) in [6.07, 6.45) is 2.00. The molecule has 0 aliphatic rings. The molecule has 0 spiro atoms. The van der Waals surface area contributed by atoms with E-state index < -0.39 is 26.7 Å². The number of carbonyl (C=O) groups excluding carboxylic acids is 1. The van der Waals surface area contributed by atoms with Gasteiger partial charge in [0, 0.05) is 12.1 Å². The largest absolute Gasteiger partial charge is 0.276 e. The van der Waals surface area contributed by atoms with E-state index >= 15 is 0 Å². The number of nitro benzene ring substituents is 1. The van der Waals surface area contributed by atoms with Crippen LogP contribution in [0.25, 0.3) is 6.08 Å². The Labute approximate surface area is 136 Å². The van der Waals surface area contributed by atoms with Crippen LogP contribution in [0.1, 0.15) is 5.56 Å². The third-order valence-electron chi connectivity index (χ3n) is 2.91. The molecule has 0 heterocycles. The van der Waals surface area contributed by atoms with Crippen LogP contribution >= 0.6 is 0 Å². The topological polar surface area (TPSA) is 106 Å². The molecule has 0 saturated carbocycles. The minimum atomic E-state index is -4.16. The van der Waals surface area contributed by atoms with Crippen LogP contribution in [-0.2, 0) is 14.8 Å². The molecule has 2 rings (SSSR count). The van der Waals surface area contributed by atoms with Gasteiger partial charge < -0.3 is 0 Å². The lowest BCUT2D eigenvalue weighted by molar-refractivity contribution is -0.385. The number of nitrogens with one attached hydrogen (secondary N) is 1. The molecular formula is C15H11FN2O5S. The number of hydrogen-bond acceptors (Lipinski definition) is 5. The van der Waals surface area contributed by atoms with Crippen LogP contribution in [0.15, 0.2) is 59.5 Å². The van der Waals surface area contributed by atoms with Crippen LogP contribution in [0.5, 0.6) is 0 Å². The zero-order chi connectivity index (χ0) is 17.7. The number of carbonyl (C=O) groups is 1. The molecule has 0 aliphatic carbocycles. The number of rotatable bonds is 5. The summed E-state index contributed by atoms with van der Waals surface area (Å²) in [5.74, 6) is -1.60. The Balaban J connectivity index is 2.16. The molecule has 124 valence electrons. The highest BCUT2D eigenvalue weighted by atomic mass is 32.2. The number of benzene rings is 2. The Bertz CT molecular complexity index is 908. The smallest absolute Gasteiger partial charge is 0.269 e. The second-order valence-corrected chi connectivity index (χ2v) is 6.26. The minimum Gasteiger partial charge on any atom is -0.269 e. The fourth-order valence-corrected chi connectivity index (χ4v) is 2.74. The number of hydrogen-bond donors (Lipinski definition) is 1. The van der Waals surface area contributed by atoms with Crippen LogP contribution in [0, 0.1) is 15.9 Å². The summed E-state index contributed by atoms with van der Waals surface area (Å²) in [6, 6.07) is 9.59. The molecule has 2 aromatic rings. The lowest BCUT2D eigenvalue weighted by atomic mass is 10.1. The van der Waals surface area contributed by atoms with E-state index in [0.29, 0.717) is 0 Å². The molecule has 1 amide bonds. The van der Waals surface area contributed by atoms with Gasteiger partial charge in [-0.05, 0) is 36.4 Å². The third kappa shape index (κ3) is 4.23. The molecular weight excluding hydrogens is 339 g/mol. The van der Waals surface area contributed by atoms with E-state index in [4.69, 9.17) is 0 Å². The Kier molecular flexibility index (Phi) is 5.05. The van der Waals surface area contributed by atoms with Gasteiger partial charge in [0.25, 0.3) is 21.6 Å². The normalized spacial score (nSPS) is 11.4. The van der Waals surface area contributed by atoms with Gasteiger partial charge in [-0.1, -0.05) is 12.1 Å². The number of nitrogens with zero attached hydrogens (tertiary/aromatic N) is 1. The van der Waals surface area contributed by atoms with E-state index in [1.54, 1.807) is 10.8 Å². The van der Waals surface area contributed by atoms with Crippen LogP contribution < -0.4 is 4.72 Å². The lowest BCUT2D eigenvalue weighted by Gasteiger charge is -2.04. The number of sulfonamides is 1. The predicted molar refractivity (Wildman–Crippen MR) is 83.9 cm³/mol. The maximum atomic E-state index is 12.8. The van der Waals surface area contributed by atoms with Crippen LogP contribution in [0.2, 0.25) is 0 Å². The molecule has 1 N–H and O–H groups in total. The van der Waals surface area contributed by atoms with Crippen molar-refractivity contribution in [1.29, 1.82) is 0 Å². The van der Waals surface area contributed by atoms with E-state index in [1.165, 1.54) is 18.2 Å². The van der Waals surface area contributed by atoms with Crippen molar-refractivity contribution in [2.24, 2.45) is 0 Å². The highest BCUT2D eigenvalue weighted by Gasteiger charge is 2.16. The van der Waals surface area contributed by atoms with Gasteiger partial charge in [0.05, 0.1) is 15.4 Å². The van der Waals surface area contributed by atoms with Crippen molar-refractivity contribution in [2.75, 3.05) is 0 Å². The third-order valence-corrected chi connectivity index (χ3v) is 4.27. The summed E-state index contributed by atoms with van der Waals surface area (Å²) >= 11 is 0. The quantitative estimate of drug-likeness (QED) is 0.506. The summed E-state index contributed by atoms with van der Waals surface area (Å²) in [5, 5.41) is 10.9. The average molecular weight is 350 g/mol. The van der Waals surface area contributed by atoms with Crippen LogP contribution in [-0.4, -0.2) is 19.2 Å². The molecule has 0 saturated heterocycles. The Morgan fingerprint density at radius 2 is 1.75 bits per heavy atom. The Morgan fingerprint density at radius 3 is 2.38 bits per heavy atom. The van der Waals surface area contributed by atoms with Crippen molar-refractivity contribution in [1.82, 2.24) is 4.72 Å². The van der Waals surface area contributed by atoms with Crippen molar-refractivity contribution in [3.63, 3.8) is 0 Å². The molecule has 0 radical (unpaired) electrons. The molecule has 7 nitrogen and oxygen atoms in total. The van der Waals surface area contributed by atoms with Gasteiger partial charge in [-0.2, -0.15) is 0 Å². The molecule has 0 bridgehead atoms. The molecule has 0 aromatic heterocycles. The highest BCUT2D eigenvalue weighted by Crippen LogP contribution is 2.19. The van der Waals surface area contributed by atoms with Crippen LogP contribution in [0.4, 0.5) is 10.1 Å². The van der Waals surface area contributed by atoms with Crippen molar-refractivity contribution in [2.45, 2.75) is 4.90 Å². The van der Waals surface area contributed by atoms with Gasteiger partial charge in [-0.25, -0.2) is 17.5 Å². The summed E-state index contributed by atoms with van der Waals surface area (Å²) < 4.78 is 38.5. The second-order valence-electron chi connectivity index (χ2n) is 4.57. The standard InChI is InChI=1S/C15H11FN2O5S/c16-12-6-8-13(9-7-12)24(22,23)17-15(19)10-5-11-3-1-2-4-14(11)18(20)21/h1-10H,(H,17,19)/b10-5+. The zero-order valence-electron chi connectivity index (χ0n) is 12.0. The first-order valence-corrected chi connectivity index (χ1v) is 8.02. The molecule has 9 heteroatoms. The van der Waals surface area contributed by atoms with Gasteiger partial charge >= 0.3 is 0 Å². The minimum absolute atomic E-state index is 0.150. The molecule has 0 unspecified atom stereocenters. The van der Waals surface area contributed by atoms with Crippen LogP contribution in [0.3, 0.4) is 0 Å². The first-order chi connectivity index (χ1) is 11.3. The fraction of sp³-hybridized carbons (Fsp3) is 0. The lowest BCUT2D eigenvalue weighted by Crippen LogP contribution is -2.28. The van der Waals surface area contributed by atoms with E-state index in [0.717, 1.165) is 36.4 Å². The molecule has 24 heavy (non-hydrogen) atoms. The van der Waals surface area contributed by atoms with Crippen molar-refractivity contribution >= 4 is 27.7 Å². The number of para-hydroxylation sites is 1. The summed E-state index contributed by atoms with van der Waals surface area (Å²) in [7, 11) is -4.16. The Hall–Kier alpha value is -3.07. The first-order valence-electron chi connectivity index (χ1n) is 6.53.